The topological polar surface area (TPSA) is 72.8 Å². The van der Waals surface area contributed by atoms with Gasteiger partial charge in [-0.05, 0) is 128 Å². The van der Waals surface area contributed by atoms with Crippen LogP contribution in [0, 0.1) is 0 Å². The van der Waals surface area contributed by atoms with Crippen molar-refractivity contribution in [1.29, 1.82) is 0 Å². The van der Waals surface area contributed by atoms with Crippen LogP contribution in [-0.2, 0) is 19.1 Å². The molecule has 1 atom stereocenters. The SMILES string of the molecule is CC/C=C\C/C=C\C/C=C\C/C=C\C/C=C\C/C=C\C/C=C\C/C=C\C/C=C\CCCCCCCCCCCCCC(=O)OC(CO)COC(=O)CCCCCCCCCCCCCCCCCCC/C=C\C/C=C\C/C=C\C/C=C\C/C=C\CC. The number of unbranched alkanes of at least 4 members (excludes halogenated alkanes) is 28. The minimum atomic E-state index is -0.785. The van der Waals surface area contributed by atoms with Crippen molar-refractivity contribution in [2.24, 2.45) is 0 Å². The molecule has 0 aromatic carbocycles. The van der Waals surface area contributed by atoms with Gasteiger partial charge in [0.1, 0.15) is 6.61 Å². The lowest BCUT2D eigenvalue weighted by atomic mass is 10.0. The van der Waals surface area contributed by atoms with E-state index in [2.05, 4.69) is 184 Å². The summed E-state index contributed by atoms with van der Waals surface area (Å²) in [5.41, 5.74) is 0. The number of hydrogen-bond donors (Lipinski definition) is 1. The van der Waals surface area contributed by atoms with E-state index in [0.29, 0.717) is 12.8 Å². The minimum Gasteiger partial charge on any atom is -0.462 e. The van der Waals surface area contributed by atoms with Crippen molar-refractivity contribution in [3.05, 3.63) is 170 Å². The third kappa shape index (κ3) is 71.7. The fraction of sp³-hybridized carbons (Fsp3) is 0.630. The van der Waals surface area contributed by atoms with Gasteiger partial charge in [0.15, 0.2) is 6.10 Å². The van der Waals surface area contributed by atoms with Gasteiger partial charge in [-0.3, -0.25) is 9.59 Å². The number of allylic oxidation sites excluding steroid dienone is 28. The van der Waals surface area contributed by atoms with Gasteiger partial charge in [-0.15, -0.1) is 0 Å². The molecule has 0 aromatic heterocycles. The number of aliphatic hydroxyl groups excluding tert-OH is 1. The van der Waals surface area contributed by atoms with Crippen LogP contribution in [0.3, 0.4) is 0 Å². The zero-order valence-corrected chi connectivity index (χ0v) is 55.8. The Morgan fingerprint density at radius 1 is 0.267 bits per heavy atom. The molecule has 0 radical (unpaired) electrons. The van der Waals surface area contributed by atoms with Crippen LogP contribution in [0.5, 0.6) is 0 Å². The maximum absolute atomic E-state index is 12.4. The van der Waals surface area contributed by atoms with Crippen molar-refractivity contribution in [3.8, 4) is 0 Å². The van der Waals surface area contributed by atoms with Crippen molar-refractivity contribution < 1.29 is 24.2 Å². The monoisotopic (exact) mass is 1190 g/mol. The molecule has 0 aliphatic carbocycles. The standard InChI is InChI=1S/C81H132O5/c1-3-5-7-9-11-13-15-17-19-21-23-25-27-29-31-33-35-37-38-39-40-41-42-44-46-48-50-52-54-56-58-60-62-64-66-68-70-72-74-76-81(84)86-79(77-82)78-85-80(83)75-73-71-69-67-65-63-61-59-57-55-53-51-49-47-45-43-36-34-32-30-28-26-24-22-20-18-16-14-12-10-8-6-4-2/h5-8,11-14,17-20,23-26,29-32,35,37,39-40,42,44,48,50,79,82H,3-4,9-10,15-16,21-22,27-28,33-34,36,38,41,43,45-47,49,51-78H2,1-2H3/b7-5-,8-6-,13-11-,14-12-,19-17-,20-18-,25-23-,26-24-,31-29-,32-30-,37-35-,40-39-,44-42-,50-48-. The van der Waals surface area contributed by atoms with Gasteiger partial charge in [0.2, 0.25) is 0 Å². The summed E-state index contributed by atoms with van der Waals surface area (Å²) in [4.78, 5) is 24.7. The highest BCUT2D eigenvalue weighted by atomic mass is 16.6. The van der Waals surface area contributed by atoms with Crippen LogP contribution in [0.4, 0.5) is 0 Å². The summed E-state index contributed by atoms with van der Waals surface area (Å²) < 4.78 is 10.8. The van der Waals surface area contributed by atoms with Crippen LogP contribution in [0.25, 0.3) is 0 Å². The van der Waals surface area contributed by atoms with Crippen LogP contribution < -0.4 is 0 Å². The zero-order valence-electron chi connectivity index (χ0n) is 55.8. The predicted molar refractivity (Wildman–Crippen MR) is 380 cm³/mol. The summed E-state index contributed by atoms with van der Waals surface area (Å²) >= 11 is 0. The first-order valence-electron chi connectivity index (χ1n) is 35.7. The highest BCUT2D eigenvalue weighted by molar-refractivity contribution is 5.70. The average Bonchev–Trinajstić information content (AvgIpc) is 3.55. The Labute approximate surface area is 532 Å². The van der Waals surface area contributed by atoms with Gasteiger partial charge < -0.3 is 14.6 Å². The van der Waals surface area contributed by atoms with E-state index in [1.807, 2.05) is 0 Å². The molecule has 1 unspecified atom stereocenters. The van der Waals surface area contributed by atoms with Crippen LogP contribution in [0.1, 0.15) is 309 Å². The van der Waals surface area contributed by atoms with Gasteiger partial charge in [-0.1, -0.05) is 338 Å². The molecule has 486 valence electrons. The van der Waals surface area contributed by atoms with Crippen molar-refractivity contribution in [2.75, 3.05) is 13.2 Å². The minimum absolute atomic E-state index is 0.0732. The number of esters is 2. The molecule has 5 heteroatoms. The molecule has 0 rings (SSSR count). The van der Waals surface area contributed by atoms with E-state index in [1.165, 1.54) is 154 Å². The number of carbonyl (C=O) groups is 2. The second-order valence-corrected chi connectivity index (χ2v) is 23.2. The Morgan fingerprint density at radius 3 is 0.698 bits per heavy atom. The number of hydrogen-bond acceptors (Lipinski definition) is 5. The maximum atomic E-state index is 12.4. The molecule has 1 N–H and O–H groups in total. The van der Waals surface area contributed by atoms with Gasteiger partial charge in [0.05, 0.1) is 6.61 Å². The number of ether oxygens (including phenoxy) is 2. The average molecular weight is 1190 g/mol. The molecule has 0 aliphatic heterocycles. The third-order valence-electron chi connectivity index (χ3n) is 15.0. The molecule has 0 spiro atoms. The van der Waals surface area contributed by atoms with E-state index in [1.54, 1.807) is 0 Å². The predicted octanol–water partition coefficient (Wildman–Crippen LogP) is 25.2. The van der Waals surface area contributed by atoms with E-state index in [0.717, 1.165) is 128 Å². The number of aliphatic hydroxyl groups is 1. The molecule has 86 heavy (non-hydrogen) atoms. The molecule has 0 bridgehead atoms. The van der Waals surface area contributed by atoms with Crippen LogP contribution in [0.2, 0.25) is 0 Å². The molecule has 0 aromatic rings. The van der Waals surface area contributed by atoms with E-state index >= 15 is 0 Å². The number of carbonyl (C=O) groups excluding carboxylic acids is 2. The highest BCUT2D eigenvalue weighted by Crippen LogP contribution is 2.17. The quantitative estimate of drug-likeness (QED) is 0.0373. The summed E-state index contributed by atoms with van der Waals surface area (Å²) in [6, 6.07) is 0. The zero-order chi connectivity index (χ0) is 61.9. The Morgan fingerprint density at radius 2 is 0.465 bits per heavy atom. The first kappa shape index (κ1) is 81.3. The molecule has 0 fully saturated rings. The normalized spacial score (nSPS) is 13.3. The molecule has 0 saturated heterocycles. The van der Waals surface area contributed by atoms with Crippen molar-refractivity contribution in [1.82, 2.24) is 0 Å². The lowest BCUT2D eigenvalue weighted by molar-refractivity contribution is -0.161. The van der Waals surface area contributed by atoms with E-state index in [9.17, 15) is 14.7 Å². The van der Waals surface area contributed by atoms with E-state index in [-0.39, 0.29) is 25.2 Å². The molecule has 0 saturated carbocycles. The summed E-state index contributed by atoms with van der Waals surface area (Å²) in [5, 5.41) is 9.71. The first-order valence-corrected chi connectivity index (χ1v) is 35.7. The van der Waals surface area contributed by atoms with Gasteiger partial charge >= 0.3 is 11.9 Å². The molecule has 0 heterocycles. The Kier molecular flexibility index (Phi) is 70.4. The van der Waals surface area contributed by atoms with Crippen molar-refractivity contribution >= 4 is 11.9 Å². The van der Waals surface area contributed by atoms with Gasteiger partial charge in [0, 0.05) is 12.8 Å². The Balaban J connectivity index is 3.52. The smallest absolute Gasteiger partial charge is 0.306 e. The fourth-order valence-electron chi connectivity index (χ4n) is 9.75. The Bertz CT molecular complexity index is 1870. The molecular formula is C81H132O5. The van der Waals surface area contributed by atoms with Crippen LogP contribution in [-0.4, -0.2) is 36.4 Å². The molecule has 5 nitrogen and oxygen atoms in total. The van der Waals surface area contributed by atoms with Crippen molar-refractivity contribution in [3.63, 3.8) is 0 Å². The molecule has 0 aliphatic rings. The summed E-state index contributed by atoms with van der Waals surface area (Å²) in [5.74, 6) is -0.593. The van der Waals surface area contributed by atoms with Crippen LogP contribution in [0.15, 0.2) is 170 Å². The van der Waals surface area contributed by atoms with E-state index in [4.69, 9.17) is 9.47 Å². The second-order valence-electron chi connectivity index (χ2n) is 23.2. The molecular weight excluding hydrogens is 1050 g/mol. The van der Waals surface area contributed by atoms with Gasteiger partial charge in [-0.2, -0.15) is 0 Å². The van der Waals surface area contributed by atoms with Crippen molar-refractivity contribution in [2.45, 2.75) is 315 Å². The third-order valence-corrected chi connectivity index (χ3v) is 15.0. The van der Waals surface area contributed by atoms with E-state index < -0.39 is 6.10 Å². The van der Waals surface area contributed by atoms with Crippen LogP contribution >= 0.6 is 0 Å². The lowest BCUT2D eigenvalue weighted by Crippen LogP contribution is -2.28. The Hall–Kier alpha value is -4.74. The largest absolute Gasteiger partial charge is 0.462 e. The number of rotatable bonds is 64. The second kappa shape index (κ2) is 74.5. The maximum Gasteiger partial charge on any atom is 0.306 e. The first-order chi connectivity index (χ1) is 42.6. The van der Waals surface area contributed by atoms with Gasteiger partial charge in [0.25, 0.3) is 0 Å². The molecule has 0 amide bonds. The lowest BCUT2D eigenvalue weighted by Gasteiger charge is -2.15. The van der Waals surface area contributed by atoms with Gasteiger partial charge in [-0.25, -0.2) is 0 Å². The summed E-state index contributed by atoms with van der Waals surface area (Å²) in [6.07, 6.45) is 115. The summed E-state index contributed by atoms with van der Waals surface area (Å²) in [6.45, 7) is 3.92. The highest BCUT2D eigenvalue weighted by Gasteiger charge is 2.16. The fourth-order valence-corrected chi connectivity index (χ4v) is 9.75. The summed E-state index contributed by atoms with van der Waals surface area (Å²) in [7, 11) is 0.